The molecule has 1 N–H and O–H groups in total. The van der Waals surface area contributed by atoms with Crippen molar-refractivity contribution in [2.75, 3.05) is 13.6 Å². The van der Waals surface area contributed by atoms with Crippen molar-refractivity contribution in [2.45, 2.75) is 33.2 Å². The zero-order chi connectivity index (χ0) is 15.2. The SMILES string of the molecule is CCn1nc(C)cc1CC(CNC)Cc1cccc(Br)c1. The molecule has 0 spiro atoms. The maximum absolute atomic E-state index is 4.55. The Bertz CT molecular complexity index is 577. The molecule has 0 saturated heterocycles. The highest BCUT2D eigenvalue weighted by Crippen LogP contribution is 2.18. The second kappa shape index (κ2) is 7.76. The van der Waals surface area contributed by atoms with Crippen LogP contribution in [0.5, 0.6) is 0 Å². The lowest BCUT2D eigenvalue weighted by Crippen LogP contribution is -2.24. The summed E-state index contributed by atoms with van der Waals surface area (Å²) in [6.07, 6.45) is 2.14. The molecule has 1 aromatic heterocycles. The lowest BCUT2D eigenvalue weighted by atomic mass is 9.94. The summed E-state index contributed by atoms with van der Waals surface area (Å²) in [6, 6.07) is 10.8. The molecule has 21 heavy (non-hydrogen) atoms. The Labute approximate surface area is 135 Å². The van der Waals surface area contributed by atoms with E-state index in [1.54, 1.807) is 0 Å². The van der Waals surface area contributed by atoms with Crippen molar-refractivity contribution < 1.29 is 0 Å². The van der Waals surface area contributed by atoms with Crippen LogP contribution in [0.4, 0.5) is 0 Å². The third-order valence-corrected chi connectivity index (χ3v) is 4.18. The molecule has 3 nitrogen and oxygen atoms in total. The Morgan fingerprint density at radius 2 is 2.10 bits per heavy atom. The Morgan fingerprint density at radius 3 is 2.76 bits per heavy atom. The molecule has 0 amide bonds. The van der Waals surface area contributed by atoms with E-state index in [9.17, 15) is 0 Å². The lowest BCUT2D eigenvalue weighted by Gasteiger charge is -2.17. The van der Waals surface area contributed by atoms with Crippen LogP contribution in [-0.2, 0) is 19.4 Å². The van der Waals surface area contributed by atoms with Gasteiger partial charge in [0.25, 0.3) is 0 Å². The van der Waals surface area contributed by atoms with Crippen molar-refractivity contribution in [3.05, 3.63) is 51.8 Å². The summed E-state index contributed by atoms with van der Waals surface area (Å²) in [5.74, 6) is 0.575. The molecule has 114 valence electrons. The molecular formula is C17H24BrN3. The average Bonchev–Trinajstić information content (AvgIpc) is 2.79. The normalized spacial score (nSPS) is 12.6. The number of aryl methyl sites for hydroxylation is 2. The molecule has 1 atom stereocenters. The van der Waals surface area contributed by atoms with Gasteiger partial charge in [-0.1, -0.05) is 28.1 Å². The van der Waals surface area contributed by atoms with Gasteiger partial charge in [-0.2, -0.15) is 5.10 Å². The van der Waals surface area contributed by atoms with Gasteiger partial charge in [-0.15, -0.1) is 0 Å². The first-order valence-corrected chi connectivity index (χ1v) is 8.34. The van der Waals surface area contributed by atoms with E-state index in [2.05, 4.69) is 75.2 Å². The molecule has 0 aliphatic heterocycles. The quantitative estimate of drug-likeness (QED) is 0.827. The standard InChI is InChI=1S/C17H24BrN3/c1-4-21-17(8-13(2)20-21)11-15(12-19-3)9-14-6-5-7-16(18)10-14/h5-8,10,15,19H,4,9,11-12H2,1-3H3. The number of halogens is 1. The summed E-state index contributed by atoms with van der Waals surface area (Å²) >= 11 is 3.55. The first-order chi connectivity index (χ1) is 10.1. The topological polar surface area (TPSA) is 29.9 Å². The average molecular weight is 350 g/mol. The maximum Gasteiger partial charge on any atom is 0.0596 e. The van der Waals surface area contributed by atoms with Crippen LogP contribution in [0.25, 0.3) is 0 Å². The van der Waals surface area contributed by atoms with Crippen LogP contribution in [0.15, 0.2) is 34.8 Å². The van der Waals surface area contributed by atoms with Crippen molar-refractivity contribution in [2.24, 2.45) is 5.92 Å². The van der Waals surface area contributed by atoms with Gasteiger partial charge in [-0.05, 0) is 70.0 Å². The van der Waals surface area contributed by atoms with Gasteiger partial charge in [0.15, 0.2) is 0 Å². The summed E-state index contributed by atoms with van der Waals surface area (Å²) in [7, 11) is 2.02. The van der Waals surface area contributed by atoms with Crippen LogP contribution in [0.1, 0.15) is 23.9 Å². The van der Waals surface area contributed by atoms with Gasteiger partial charge in [0.05, 0.1) is 5.69 Å². The summed E-state index contributed by atoms with van der Waals surface area (Å²) in [5, 5.41) is 7.88. The number of nitrogens with one attached hydrogen (secondary N) is 1. The highest BCUT2D eigenvalue weighted by molar-refractivity contribution is 9.10. The maximum atomic E-state index is 4.55. The highest BCUT2D eigenvalue weighted by Gasteiger charge is 2.14. The third-order valence-electron chi connectivity index (χ3n) is 3.69. The molecule has 1 unspecified atom stereocenters. The van der Waals surface area contributed by atoms with Crippen LogP contribution >= 0.6 is 15.9 Å². The molecule has 1 heterocycles. The van der Waals surface area contributed by atoms with Crippen LogP contribution in [-0.4, -0.2) is 23.4 Å². The van der Waals surface area contributed by atoms with Gasteiger partial charge >= 0.3 is 0 Å². The van der Waals surface area contributed by atoms with Crippen molar-refractivity contribution in [3.8, 4) is 0 Å². The number of benzene rings is 1. The molecule has 0 aliphatic carbocycles. The first kappa shape index (κ1) is 16.2. The largest absolute Gasteiger partial charge is 0.319 e. The van der Waals surface area contributed by atoms with Crippen LogP contribution in [0, 0.1) is 12.8 Å². The van der Waals surface area contributed by atoms with E-state index in [4.69, 9.17) is 0 Å². The highest BCUT2D eigenvalue weighted by atomic mass is 79.9. The molecule has 4 heteroatoms. The number of aromatic nitrogens is 2. The smallest absolute Gasteiger partial charge is 0.0596 e. The van der Waals surface area contributed by atoms with Crippen molar-refractivity contribution in [1.82, 2.24) is 15.1 Å². The number of rotatable bonds is 7. The Kier molecular flexibility index (Phi) is 6.00. The zero-order valence-corrected chi connectivity index (χ0v) is 14.7. The van der Waals surface area contributed by atoms with Gasteiger partial charge in [-0.25, -0.2) is 0 Å². The first-order valence-electron chi connectivity index (χ1n) is 7.54. The minimum Gasteiger partial charge on any atom is -0.319 e. The van der Waals surface area contributed by atoms with Crippen LogP contribution in [0.2, 0.25) is 0 Å². The monoisotopic (exact) mass is 349 g/mol. The van der Waals surface area contributed by atoms with Crippen LogP contribution < -0.4 is 5.32 Å². The Morgan fingerprint density at radius 1 is 1.29 bits per heavy atom. The molecule has 2 aromatic rings. The molecule has 0 aliphatic rings. The zero-order valence-electron chi connectivity index (χ0n) is 13.1. The molecular weight excluding hydrogens is 326 g/mol. The minimum atomic E-state index is 0.575. The van der Waals surface area contributed by atoms with Gasteiger partial charge in [-0.3, -0.25) is 4.68 Å². The van der Waals surface area contributed by atoms with Gasteiger partial charge in [0.2, 0.25) is 0 Å². The predicted octanol–water partition coefficient (Wildman–Crippen LogP) is 3.59. The Balaban J connectivity index is 2.11. The molecule has 2 rings (SSSR count). The summed E-state index contributed by atoms with van der Waals surface area (Å²) in [6.45, 7) is 6.17. The van der Waals surface area contributed by atoms with E-state index in [0.717, 1.165) is 36.1 Å². The summed E-state index contributed by atoms with van der Waals surface area (Å²) in [5.41, 5.74) is 3.83. The second-order valence-corrected chi connectivity index (χ2v) is 6.47. The molecule has 0 bridgehead atoms. The van der Waals surface area contributed by atoms with E-state index in [1.807, 2.05) is 7.05 Å². The third kappa shape index (κ3) is 4.68. The fourth-order valence-corrected chi connectivity index (χ4v) is 3.28. The summed E-state index contributed by atoms with van der Waals surface area (Å²) < 4.78 is 3.27. The second-order valence-electron chi connectivity index (χ2n) is 5.55. The van der Waals surface area contributed by atoms with Gasteiger partial charge in [0.1, 0.15) is 0 Å². The van der Waals surface area contributed by atoms with Crippen molar-refractivity contribution in [3.63, 3.8) is 0 Å². The fourth-order valence-electron chi connectivity index (χ4n) is 2.84. The van der Waals surface area contributed by atoms with E-state index in [0.29, 0.717) is 5.92 Å². The minimum absolute atomic E-state index is 0.575. The van der Waals surface area contributed by atoms with E-state index >= 15 is 0 Å². The van der Waals surface area contributed by atoms with E-state index in [1.165, 1.54) is 11.3 Å². The van der Waals surface area contributed by atoms with E-state index in [-0.39, 0.29) is 0 Å². The van der Waals surface area contributed by atoms with E-state index < -0.39 is 0 Å². The predicted molar refractivity (Wildman–Crippen MR) is 91.6 cm³/mol. The molecule has 0 saturated carbocycles. The number of hydrogen-bond donors (Lipinski definition) is 1. The van der Waals surface area contributed by atoms with Crippen molar-refractivity contribution in [1.29, 1.82) is 0 Å². The number of hydrogen-bond acceptors (Lipinski definition) is 2. The van der Waals surface area contributed by atoms with Crippen molar-refractivity contribution >= 4 is 15.9 Å². The molecule has 0 radical (unpaired) electrons. The van der Waals surface area contributed by atoms with Gasteiger partial charge in [0, 0.05) is 16.7 Å². The van der Waals surface area contributed by atoms with Crippen LogP contribution in [0.3, 0.4) is 0 Å². The lowest BCUT2D eigenvalue weighted by molar-refractivity contribution is 0.469. The number of nitrogens with zero attached hydrogens (tertiary/aromatic N) is 2. The Hall–Kier alpha value is -1.13. The summed E-state index contributed by atoms with van der Waals surface area (Å²) in [4.78, 5) is 0. The molecule has 1 aromatic carbocycles. The fraction of sp³-hybridized carbons (Fsp3) is 0.471. The molecule has 0 fully saturated rings. The van der Waals surface area contributed by atoms with Gasteiger partial charge < -0.3 is 5.32 Å².